The Morgan fingerprint density at radius 3 is 2.39 bits per heavy atom. The molecule has 0 radical (unpaired) electrons. The van der Waals surface area contributed by atoms with Crippen LogP contribution in [0.4, 0.5) is 0 Å². The Balaban J connectivity index is 2.72. The van der Waals surface area contributed by atoms with Gasteiger partial charge in [-0.1, -0.05) is 13.8 Å². The standard InChI is InChI=1S/C15H26N2O/c1-5-7-16-15(11-18-8-6-2)14-9-12(3)17-13(4)10-14/h9-10,15-16H,5-8,11H2,1-4H3. The molecule has 0 aliphatic heterocycles. The van der Waals surface area contributed by atoms with Crippen molar-refractivity contribution < 1.29 is 4.74 Å². The van der Waals surface area contributed by atoms with E-state index < -0.39 is 0 Å². The molecule has 0 aliphatic carbocycles. The first-order valence-corrected chi connectivity index (χ1v) is 6.93. The Kier molecular flexibility index (Phi) is 6.91. The van der Waals surface area contributed by atoms with Crippen LogP contribution in [-0.2, 0) is 4.74 Å². The predicted molar refractivity (Wildman–Crippen MR) is 75.9 cm³/mol. The zero-order valence-corrected chi connectivity index (χ0v) is 12.1. The monoisotopic (exact) mass is 250 g/mol. The van der Waals surface area contributed by atoms with Crippen molar-refractivity contribution in [2.24, 2.45) is 0 Å². The summed E-state index contributed by atoms with van der Waals surface area (Å²) in [6.45, 7) is 11.0. The quantitative estimate of drug-likeness (QED) is 0.720. The van der Waals surface area contributed by atoms with Crippen LogP contribution in [0.15, 0.2) is 12.1 Å². The molecule has 18 heavy (non-hydrogen) atoms. The fourth-order valence-corrected chi connectivity index (χ4v) is 2.01. The first-order valence-electron chi connectivity index (χ1n) is 6.93. The van der Waals surface area contributed by atoms with Gasteiger partial charge < -0.3 is 10.1 Å². The van der Waals surface area contributed by atoms with Crippen molar-refractivity contribution in [2.45, 2.75) is 46.6 Å². The number of hydrogen-bond acceptors (Lipinski definition) is 3. The number of aryl methyl sites for hydroxylation is 2. The summed E-state index contributed by atoms with van der Waals surface area (Å²) in [4.78, 5) is 4.42. The van der Waals surface area contributed by atoms with Gasteiger partial charge in [0, 0.05) is 18.0 Å². The molecule has 0 aromatic carbocycles. The maximum Gasteiger partial charge on any atom is 0.0661 e. The van der Waals surface area contributed by atoms with Crippen LogP contribution < -0.4 is 5.32 Å². The number of nitrogens with zero attached hydrogens (tertiary/aromatic N) is 1. The first kappa shape index (κ1) is 15.1. The number of nitrogens with one attached hydrogen (secondary N) is 1. The number of ether oxygens (including phenoxy) is 1. The smallest absolute Gasteiger partial charge is 0.0661 e. The van der Waals surface area contributed by atoms with Gasteiger partial charge in [-0.3, -0.25) is 4.98 Å². The van der Waals surface area contributed by atoms with Gasteiger partial charge in [-0.15, -0.1) is 0 Å². The molecule has 0 amide bonds. The molecule has 1 aromatic heterocycles. The van der Waals surface area contributed by atoms with Crippen LogP contribution in [-0.4, -0.2) is 24.7 Å². The molecule has 1 N–H and O–H groups in total. The Morgan fingerprint density at radius 1 is 1.17 bits per heavy atom. The molecule has 0 saturated heterocycles. The fraction of sp³-hybridized carbons (Fsp3) is 0.667. The van der Waals surface area contributed by atoms with E-state index in [1.165, 1.54) is 5.56 Å². The summed E-state index contributed by atoms with van der Waals surface area (Å²) in [6.07, 6.45) is 2.20. The molecule has 102 valence electrons. The predicted octanol–water partition coefficient (Wildman–Crippen LogP) is 3.17. The SMILES string of the molecule is CCCNC(COCCC)c1cc(C)nc(C)c1. The highest BCUT2D eigenvalue weighted by molar-refractivity contribution is 5.23. The largest absolute Gasteiger partial charge is 0.379 e. The second-order valence-electron chi connectivity index (χ2n) is 4.76. The maximum atomic E-state index is 5.69. The van der Waals surface area contributed by atoms with E-state index in [0.29, 0.717) is 0 Å². The van der Waals surface area contributed by atoms with Gasteiger partial charge in [-0.05, 0) is 50.9 Å². The molecule has 0 saturated carbocycles. The van der Waals surface area contributed by atoms with Crippen molar-refractivity contribution in [3.05, 3.63) is 29.1 Å². The van der Waals surface area contributed by atoms with E-state index in [2.05, 4.69) is 36.3 Å². The van der Waals surface area contributed by atoms with Crippen molar-refractivity contribution in [2.75, 3.05) is 19.8 Å². The molecular weight excluding hydrogens is 224 g/mol. The minimum Gasteiger partial charge on any atom is -0.379 e. The van der Waals surface area contributed by atoms with Gasteiger partial charge in [-0.2, -0.15) is 0 Å². The van der Waals surface area contributed by atoms with Crippen molar-refractivity contribution in [3.63, 3.8) is 0 Å². The summed E-state index contributed by atoms with van der Waals surface area (Å²) in [7, 11) is 0. The molecule has 3 nitrogen and oxygen atoms in total. The topological polar surface area (TPSA) is 34.1 Å². The molecule has 1 unspecified atom stereocenters. The van der Waals surface area contributed by atoms with Crippen LogP contribution in [0.2, 0.25) is 0 Å². The Bertz CT molecular complexity index is 332. The zero-order chi connectivity index (χ0) is 13.4. The van der Waals surface area contributed by atoms with Crippen LogP contribution in [0.25, 0.3) is 0 Å². The zero-order valence-electron chi connectivity index (χ0n) is 12.1. The maximum absolute atomic E-state index is 5.69. The van der Waals surface area contributed by atoms with Gasteiger partial charge in [-0.25, -0.2) is 0 Å². The van der Waals surface area contributed by atoms with Gasteiger partial charge >= 0.3 is 0 Å². The highest BCUT2D eigenvalue weighted by Gasteiger charge is 2.12. The normalized spacial score (nSPS) is 12.7. The lowest BCUT2D eigenvalue weighted by molar-refractivity contribution is 0.112. The molecule has 1 rings (SSSR count). The Morgan fingerprint density at radius 2 is 1.83 bits per heavy atom. The van der Waals surface area contributed by atoms with Crippen LogP contribution in [0.5, 0.6) is 0 Å². The van der Waals surface area contributed by atoms with Crippen LogP contribution in [0.1, 0.15) is 49.7 Å². The van der Waals surface area contributed by atoms with Gasteiger partial charge in [0.1, 0.15) is 0 Å². The number of pyridine rings is 1. The lowest BCUT2D eigenvalue weighted by atomic mass is 10.1. The molecule has 0 bridgehead atoms. The minimum atomic E-state index is 0.275. The molecule has 0 fully saturated rings. The number of hydrogen-bond donors (Lipinski definition) is 1. The third-order valence-electron chi connectivity index (χ3n) is 2.78. The lowest BCUT2D eigenvalue weighted by Crippen LogP contribution is -2.26. The van der Waals surface area contributed by atoms with E-state index in [1.54, 1.807) is 0 Å². The van der Waals surface area contributed by atoms with Gasteiger partial charge in [0.05, 0.1) is 12.6 Å². The third kappa shape index (κ3) is 5.15. The summed E-state index contributed by atoms with van der Waals surface area (Å²) < 4.78 is 5.69. The van der Waals surface area contributed by atoms with E-state index in [4.69, 9.17) is 4.74 Å². The summed E-state index contributed by atoms with van der Waals surface area (Å²) >= 11 is 0. The van der Waals surface area contributed by atoms with Crippen molar-refractivity contribution in [1.82, 2.24) is 10.3 Å². The third-order valence-corrected chi connectivity index (χ3v) is 2.78. The molecule has 0 aliphatic rings. The van der Waals surface area contributed by atoms with Crippen molar-refractivity contribution >= 4 is 0 Å². The second kappa shape index (κ2) is 8.22. The Labute approximate surface area is 111 Å². The van der Waals surface area contributed by atoms with E-state index in [1.807, 2.05) is 13.8 Å². The van der Waals surface area contributed by atoms with E-state index in [9.17, 15) is 0 Å². The van der Waals surface area contributed by atoms with Crippen LogP contribution in [0.3, 0.4) is 0 Å². The molecule has 1 heterocycles. The van der Waals surface area contributed by atoms with Crippen molar-refractivity contribution in [1.29, 1.82) is 0 Å². The summed E-state index contributed by atoms with van der Waals surface area (Å²) in [5, 5.41) is 3.55. The Hall–Kier alpha value is -0.930. The number of aromatic nitrogens is 1. The van der Waals surface area contributed by atoms with Gasteiger partial charge in [0.25, 0.3) is 0 Å². The average Bonchev–Trinajstić information content (AvgIpc) is 2.32. The highest BCUT2D eigenvalue weighted by Crippen LogP contribution is 2.16. The highest BCUT2D eigenvalue weighted by atomic mass is 16.5. The van der Waals surface area contributed by atoms with Crippen molar-refractivity contribution in [3.8, 4) is 0 Å². The second-order valence-corrected chi connectivity index (χ2v) is 4.76. The lowest BCUT2D eigenvalue weighted by Gasteiger charge is -2.19. The number of rotatable bonds is 8. The average molecular weight is 250 g/mol. The van der Waals surface area contributed by atoms with Crippen LogP contribution >= 0.6 is 0 Å². The summed E-state index contributed by atoms with van der Waals surface area (Å²) in [5.74, 6) is 0. The van der Waals surface area contributed by atoms with Gasteiger partial charge in [0.2, 0.25) is 0 Å². The fourth-order valence-electron chi connectivity index (χ4n) is 2.01. The molecule has 1 aromatic rings. The molecule has 3 heteroatoms. The van der Waals surface area contributed by atoms with E-state index >= 15 is 0 Å². The molecular formula is C15H26N2O. The van der Waals surface area contributed by atoms with Crippen LogP contribution in [0, 0.1) is 13.8 Å². The first-order chi connectivity index (χ1) is 8.67. The molecule has 0 spiro atoms. The molecule has 1 atom stereocenters. The minimum absolute atomic E-state index is 0.275. The van der Waals surface area contributed by atoms with E-state index in [-0.39, 0.29) is 6.04 Å². The van der Waals surface area contributed by atoms with E-state index in [0.717, 1.165) is 44.0 Å². The van der Waals surface area contributed by atoms with Gasteiger partial charge in [0.15, 0.2) is 0 Å². The summed E-state index contributed by atoms with van der Waals surface area (Å²) in [5.41, 5.74) is 3.43. The summed E-state index contributed by atoms with van der Waals surface area (Å²) in [6, 6.07) is 4.57.